The van der Waals surface area contributed by atoms with Crippen molar-refractivity contribution in [3.05, 3.63) is 0 Å². The average molecular weight is 266 g/mol. The van der Waals surface area contributed by atoms with E-state index in [-0.39, 0.29) is 12.1 Å². The highest BCUT2D eigenvalue weighted by Crippen LogP contribution is 2.24. The van der Waals surface area contributed by atoms with Crippen LogP contribution >= 0.6 is 0 Å². The molecule has 1 aliphatic rings. The predicted molar refractivity (Wildman–Crippen MR) is 67.2 cm³/mol. The zero-order valence-electron chi connectivity index (χ0n) is 11.1. The van der Waals surface area contributed by atoms with Gasteiger partial charge in [-0.3, -0.25) is 4.90 Å². The van der Waals surface area contributed by atoms with Crippen molar-refractivity contribution in [2.75, 3.05) is 25.9 Å². The summed E-state index contributed by atoms with van der Waals surface area (Å²) in [5, 5.41) is 0. The van der Waals surface area contributed by atoms with Gasteiger partial charge in [0.15, 0.2) is 0 Å². The molecule has 1 fully saturated rings. The molecule has 0 N–H and O–H groups in total. The highest BCUT2D eigenvalue weighted by atomic mass is 32.2. The van der Waals surface area contributed by atoms with E-state index in [1.54, 1.807) is 0 Å². The lowest BCUT2D eigenvalue weighted by Crippen LogP contribution is -2.45. The number of sulfonamides is 1. The van der Waals surface area contributed by atoms with Gasteiger partial charge in [-0.2, -0.15) is 0 Å². The molecule has 102 valence electrons. The summed E-state index contributed by atoms with van der Waals surface area (Å²) in [7, 11) is -3.18. The second kappa shape index (κ2) is 5.63. The molecule has 0 radical (unpaired) electrons. The van der Waals surface area contributed by atoms with Gasteiger partial charge in [0.25, 0.3) is 0 Å². The normalized spacial score (nSPS) is 27.2. The van der Waals surface area contributed by atoms with E-state index < -0.39 is 16.2 Å². The Balaban J connectivity index is 2.72. The van der Waals surface area contributed by atoms with Crippen LogP contribution in [0.1, 0.15) is 27.2 Å². The van der Waals surface area contributed by atoms with Crippen LogP contribution in [0.4, 0.5) is 4.39 Å². The molecule has 0 aromatic carbocycles. The van der Waals surface area contributed by atoms with Gasteiger partial charge in [-0.05, 0) is 20.3 Å². The fraction of sp³-hybridized carbons (Fsp3) is 1.00. The van der Waals surface area contributed by atoms with Crippen LogP contribution in [0, 0.1) is 0 Å². The summed E-state index contributed by atoms with van der Waals surface area (Å²) in [5.74, 6) is 0. The standard InChI is InChI=1S/C11H23FN2O2S/c1-5-13(17(4,15)16)8-11-6-10(12)7-14(11)9(2)3/h9-11H,5-8H2,1-4H3. The Kier molecular flexibility index (Phi) is 4.92. The van der Waals surface area contributed by atoms with Gasteiger partial charge >= 0.3 is 0 Å². The molecule has 6 heteroatoms. The third kappa shape index (κ3) is 3.89. The number of likely N-dealkylation sites (tertiary alicyclic amines) is 1. The second-order valence-corrected chi connectivity index (χ2v) is 6.97. The van der Waals surface area contributed by atoms with Crippen LogP contribution in [0.3, 0.4) is 0 Å². The number of halogens is 1. The first-order valence-electron chi connectivity index (χ1n) is 6.10. The third-order valence-electron chi connectivity index (χ3n) is 3.31. The maximum atomic E-state index is 13.4. The van der Waals surface area contributed by atoms with Crippen LogP contribution in [-0.2, 0) is 10.0 Å². The van der Waals surface area contributed by atoms with Crippen LogP contribution in [0.5, 0.6) is 0 Å². The SMILES string of the molecule is CCN(CC1CC(F)CN1C(C)C)S(C)(=O)=O. The fourth-order valence-corrected chi connectivity index (χ4v) is 3.34. The molecule has 4 nitrogen and oxygen atoms in total. The van der Waals surface area contributed by atoms with Crippen LogP contribution in [0.25, 0.3) is 0 Å². The van der Waals surface area contributed by atoms with Crippen molar-refractivity contribution in [1.82, 2.24) is 9.21 Å². The highest BCUT2D eigenvalue weighted by molar-refractivity contribution is 7.88. The lowest BCUT2D eigenvalue weighted by molar-refractivity contribution is 0.176. The Morgan fingerprint density at radius 2 is 2.06 bits per heavy atom. The zero-order valence-corrected chi connectivity index (χ0v) is 11.9. The number of rotatable bonds is 5. The Morgan fingerprint density at radius 3 is 2.47 bits per heavy atom. The quantitative estimate of drug-likeness (QED) is 0.748. The van der Waals surface area contributed by atoms with Crippen LogP contribution in [0.2, 0.25) is 0 Å². The number of alkyl halides is 1. The Labute approximate surface area is 104 Å². The summed E-state index contributed by atoms with van der Waals surface area (Å²) < 4.78 is 37.9. The molecule has 2 unspecified atom stereocenters. The molecule has 1 aliphatic heterocycles. The van der Waals surface area contributed by atoms with Crippen LogP contribution in [0.15, 0.2) is 0 Å². The van der Waals surface area contributed by atoms with Gasteiger partial charge in [0.1, 0.15) is 6.17 Å². The largest absolute Gasteiger partial charge is 0.294 e. The first-order valence-corrected chi connectivity index (χ1v) is 7.95. The summed E-state index contributed by atoms with van der Waals surface area (Å²) >= 11 is 0. The number of nitrogens with zero attached hydrogens (tertiary/aromatic N) is 2. The number of hydrogen-bond acceptors (Lipinski definition) is 3. The lowest BCUT2D eigenvalue weighted by Gasteiger charge is -2.31. The summed E-state index contributed by atoms with van der Waals surface area (Å²) in [6, 6.07) is 0.249. The van der Waals surface area contributed by atoms with Crippen molar-refractivity contribution in [2.45, 2.75) is 45.4 Å². The fourth-order valence-electron chi connectivity index (χ4n) is 2.43. The molecule has 0 amide bonds. The van der Waals surface area contributed by atoms with Gasteiger partial charge in [0, 0.05) is 31.7 Å². The van der Waals surface area contributed by atoms with Gasteiger partial charge in [-0.1, -0.05) is 6.92 Å². The van der Waals surface area contributed by atoms with Crippen molar-refractivity contribution in [1.29, 1.82) is 0 Å². The van der Waals surface area contributed by atoms with E-state index in [0.717, 1.165) is 0 Å². The molecule has 0 bridgehead atoms. The molecule has 0 aromatic rings. The first kappa shape index (κ1) is 14.9. The molecule has 0 aliphatic carbocycles. The summed E-state index contributed by atoms with van der Waals surface area (Å²) in [4.78, 5) is 2.05. The third-order valence-corrected chi connectivity index (χ3v) is 4.65. The van der Waals surface area contributed by atoms with Crippen molar-refractivity contribution < 1.29 is 12.8 Å². The van der Waals surface area contributed by atoms with E-state index in [1.807, 2.05) is 20.8 Å². The molecule has 17 heavy (non-hydrogen) atoms. The number of hydrogen-bond donors (Lipinski definition) is 0. The smallest absolute Gasteiger partial charge is 0.211 e. The molecule has 0 aromatic heterocycles. The molecule has 2 atom stereocenters. The van der Waals surface area contributed by atoms with E-state index in [2.05, 4.69) is 4.90 Å². The topological polar surface area (TPSA) is 40.6 Å². The molecule has 1 saturated heterocycles. The Morgan fingerprint density at radius 1 is 1.47 bits per heavy atom. The van der Waals surface area contributed by atoms with E-state index in [0.29, 0.717) is 26.1 Å². The van der Waals surface area contributed by atoms with Gasteiger partial charge in [-0.25, -0.2) is 17.1 Å². The van der Waals surface area contributed by atoms with Gasteiger partial charge in [0.05, 0.1) is 6.26 Å². The van der Waals surface area contributed by atoms with Crippen LogP contribution < -0.4 is 0 Å². The molecule has 0 spiro atoms. The molecule has 1 rings (SSSR count). The molecular formula is C11H23FN2O2S. The highest BCUT2D eigenvalue weighted by Gasteiger charge is 2.35. The molecule has 0 saturated carbocycles. The van der Waals surface area contributed by atoms with Gasteiger partial charge in [-0.15, -0.1) is 0 Å². The van der Waals surface area contributed by atoms with Gasteiger partial charge < -0.3 is 0 Å². The number of likely N-dealkylation sites (N-methyl/N-ethyl adjacent to an activating group) is 1. The molecular weight excluding hydrogens is 243 g/mol. The summed E-state index contributed by atoms with van der Waals surface area (Å²) in [5.41, 5.74) is 0. The van der Waals surface area contributed by atoms with E-state index >= 15 is 0 Å². The van der Waals surface area contributed by atoms with E-state index in [4.69, 9.17) is 0 Å². The van der Waals surface area contributed by atoms with Crippen LogP contribution in [-0.4, -0.2) is 61.8 Å². The monoisotopic (exact) mass is 266 g/mol. The summed E-state index contributed by atoms with van der Waals surface area (Å²) in [6.45, 7) is 7.10. The molecule has 1 heterocycles. The Bertz CT molecular complexity index is 345. The second-order valence-electron chi connectivity index (χ2n) is 4.99. The Hall–Kier alpha value is -0.200. The zero-order chi connectivity index (χ0) is 13.2. The van der Waals surface area contributed by atoms with Gasteiger partial charge in [0.2, 0.25) is 10.0 Å². The minimum atomic E-state index is -3.18. The minimum absolute atomic E-state index is 0.000301. The maximum Gasteiger partial charge on any atom is 0.211 e. The van der Waals surface area contributed by atoms with Crippen molar-refractivity contribution in [2.24, 2.45) is 0 Å². The minimum Gasteiger partial charge on any atom is -0.294 e. The van der Waals surface area contributed by atoms with E-state index in [1.165, 1.54) is 10.6 Å². The average Bonchev–Trinajstić information content (AvgIpc) is 2.54. The predicted octanol–water partition coefficient (Wildman–Crippen LogP) is 1.09. The van der Waals surface area contributed by atoms with Crippen molar-refractivity contribution in [3.8, 4) is 0 Å². The maximum absolute atomic E-state index is 13.4. The van der Waals surface area contributed by atoms with E-state index in [9.17, 15) is 12.8 Å². The van der Waals surface area contributed by atoms with Crippen molar-refractivity contribution in [3.63, 3.8) is 0 Å². The first-order chi connectivity index (χ1) is 7.75. The lowest BCUT2D eigenvalue weighted by atomic mass is 10.2. The summed E-state index contributed by atoms with van der Waals surface area (Å²) in [6.07, 6.45) is 0.808. The van der Waals surface area contributed by atoms with Crippen molar-refractivity contribution >= 4 is 10.0 Å².